The van der Waals surface area contributed by atoms with Gasteiger partial charge in [0.05, 0.1) is 35.5 Å². The average molecular weight is 533 g/mol. The van der Waals surface area contributed by atoms with Crippen LogP contribution in [-0.2, 0) is 11.8 Å². The minimum Gasteiger partial charge on any atom is -0.496 e. The maximum Gasteiger partial charge on any atom is 0.410 e. The summed E-state index contributed by atoms with van der Waals surface area (Å²) in [5, 5.41) is 16.3. The second-order valence-corrected chi connectivity index (χ2v) is 11.1. The number of methoxy groups -OCH3 is 1. The smallest absolute Gasteiger partial charge is 0.410 e. The van der Waals surface area contributed by atoms with Crippen molar-refractivity contribution in [2.75, 3.05) is 38.2 Å². The van der Waals surface area contributed by atoms with Crippen molar-refractivity contribution in [3.8, 4) is 17.0 Å². The average Bonchev–Trinajstić information content (AvgIpc) is 3.27. The summed E-state index contributed by atoms with van der Waals surface area (Å²) in [5.74, 6) is 1.47. The molecule has 10 heteroatoms. The Balaban J connectivity index is 1.49. The highest BCUT2D eigenvalue weighted by atomic mass is 16.6. The molecule has 0 aliphatic carbocycles. The lowest BCUT2D eigenvalue weighted by Crippen LogP contribution is -2.50. The van der Waals surface area contributed by atoms with Crippen molar-refractivity contribution in [3.05, 3.63) is 41.6 Å². The van der Waals surface area contributed by atoms with Gasteiger partial charge in [-0.3, -0.25) is 4.68 Å². The Bertz CT molecular complexity index is 1550. The minimum atomic E-state index is -0.746. The molecule has 5 rings (SSSR count). The molecule has 1 N–H and O–H groups in total. The molecule has 1 aromatic carbocycles. The monoisotopic (exact) mass is 532 g/mol. The van der Waals surface area contributed by atoms with Crippen molar-refractivity contribution >= 4 is 33.8 Å². The van der Waals surface area contributed by atoms with E-state index in [1.165, 1.54) is 0 Å². The fraction of sp³-hybridized carbons (Fsp3) is 0.448. The molecule has 0 bridgehead atoms. The maximum atomic E-state index is 12.5. The van der Waals surface area contributed by atoms with E-state index in [-0.39, 0.29) is 6.09 Å². The first-order valence-corrected chi connectivity index (χ1v) is 13.2. The Morgan fingerprint density at radius 2 is 1.79 bits per heavy atom. The van der Waals surface area contributed by atoms with Crippen LogP contribution >= 0.6 is 0 Å². The molecule has 0 saturated carbocycles. The molecule has 1 atom stereocenters. The van der Waals surface area contributed by atoms with Crippen molar-refractivity contribution in [1.82, 2.24) is 24.6 Å². The molecule has 3 aromatic heterocycles. The van der Waals surface area contributed by atoms with Crippen molar-refractivity contribution < 1.29 is 19.4 Å². The van der Waals surface area contributed by atoms with E-state index in [0.29, 0.717) is 42.8 Å². The van der Waals surface area contributed by atoms with Gasteiger partial charge < -0.3 is 24.4 Å². The van der Waals surface area contributed by atoms with Gasteiger partial charge in [-0.25, -0.2) is 14.8 Å². The normalized spacial score (nSPS) is 15.2. The first-order chi connectivity index (χ1) is 18.4. The third-order valence-electron chi connectivity index (χ3n) is 6.95. The van der Waals surface area contributed by atoms with Crippen LogP contribution in [0.3, 0.4) is 0 Å². The zero-order valence-electron chi connectivity index (χ0n) is 23.6. The Kier molecular flexibility index (Phi) is 6.84. The number of rotatable bonds is 4. The van der Waals surface area contributed by atoms with Crippen LogP contribution in [0, 0.1) is 6.92 Å². The van der Waals surface area contributed by atoms with Crippen molar-refractivity contribution in [3.63, 3.8) is 0 Å². The van der Waals surface area contributed by atoms with E-state index in [0.717, 1.165) is 39.3 Å². The van der Waals surface area contributed by atoms with E-state index >= 15 is 0 Å². The molecule has 4 aromatic rings. The molecular weight excluding hydrogens is 496 g/mol. The van der Waals surface area contributed by atoms with Crippen LogP contribution in [-0.4, -0.2) is 74.7 Å². The van der Waals surface area contributed by atoms with Crippen LogP contribution in [0.2, 0.25) is 0 Å². The summed E-state index contributed by atoms with van der Waals surface area (Å²) in [5.41, 5.74) is 4.93. The van der Waals surface area contributed by atoms with Crippen LogP contribution < -0.4 is 9.64 Å². The third-order valence-corrected chi connectivity index (χ3v) is 6.95. The van der Waals surface area contributed by atoms with E-state index < -0.39 is 11.7 Å². The zero-order valence-corrected chi connectivity index (χ0v) is 23.6. The number of carbonyl (C=O) groups excluding carboxylic acids is 1. The van der Waals surface area contributed by atoms with Gasteiger partial charge in [0.25, 0.3) is 0 Å². The lowest BCUT2D eigenvalue weighted by molar-refractivity contribution is 0.0240. The summed E-state index contributed by atoms with van der Waals surface area (Å²) >= 11 is 0. The fourth-order valence-electron chi connectivity index (χ4n) is 5.08. The van der Waals surface area contributed by atoms with Gasteiger partial charge in [-0.15, -0.1) is 0 Å². The number of aliphatic hydroxyl groups excluding tert-OH is 1. The third kappa shape index (κ3) is 5.21. The van der Waals surface area contributed by atoms with Crippen LogP contribution in [0.15, 0.2) is 30.5 Å². The maximum absolute atomic E-state index is 12.5. The van der Waals surface area contributed by atoms with Gasteiger partial charge in [0.1, 0.15) is 17.2 Å². The SMILES string of the molecule is COc1c(-c2ccc3nc(N4CCN(C(=O)OC(C)(C)C)CC4)cc(C(C)O)c3n2)cc2cn(C)nc2c1C. The van der Waals surface area contributed by atoms with Gasteiger partial charge in [0.2, 0.25) is 0 Å². The standard InChI is InChI=1S/C29H36N6O4/c1-17-25-19(16-33(6)32-25)14-21(27(17)38-7)22-8-9-23-26(31-22)20(18(2)36)15-24(30-23)34-10-12-35(13-11-34)28(37)39-29(3,4)5/h8-9,14-16,18,36H,10-13H2,1-7H3. The number of ether oxygens (including phenoxy) is 2. The highest BCUT2D eigenvalue weighted by Gasteiger charge is 2.27. The molecule has 0 radical (unpaired) electrons. The first kappa shape index (κ1) is 26.7. The zero-order chi connectivity index (χ0) is 28.1. The van der Waals surface area contributed by atoms with Gasteiger partial charge in [0, 0.05) is 61.5 Å². The van der Waals surface area contributed by atoms with Gasteiger partial charge in [0.15, 0.2) is 0 Å². The molecule has 10 nitrogen and oxygen atoms in total. The molecule has 4 heterocycles. The molecule has 1 unspecified atom stereocenters. The summed E-state index contributed by atoms with van der Waals surface area (Å²) in [6.45, 7) is 11.6. The number of pyridine rings is 2. The van der Waals surface area contributed by atoms with E-state index in [1.54, 1.807) is 23.6 Å². The van der Waals surface area contributed by atoms with Crippen molar-refractivity contribution in [1.29, 1.82) is 0 Å². The molecule has 1 amide bonds. The Hall–Kier alpha value is -3.92. The van der Waals surface area contributed by atoms with Crippen LogP contribution in [0.5, 0.6) is 5.75 Å². The van der Waals surface area contributed by atoms with E-state index in [4.69, 9.17) is 19.4 Å². The summed E-state index contributed by atoms with van der Waals surface area (Å²) in [6, 6.07) is 7.81. The number of anilines is 1. The summed E-state index contributed by atoms with van der Waals surface area (Å²) in [4.78, 5) is 26.2. The predicted molar refractivity (Wildman–Crippen MR) is 151 cm³/mol. The predicted octanol–water partition coefficient (Wildman–Crippen LogP) is 4.61. The largest absolute Gasteiger partial charge is 0.496 e. The fourth-order valence-corrected chi connectivity index (χ4v) is 5.08. The number of aliphatic hydroxyl groups is 1. The van der Waals surface area contributed by atoms with Gasteiger partial charge in [-0.2, -0.15) is 5.10 Å². The van der Waals surface area contributed by atoms with Crippen molar-refractivity contribution in [2.45, 2.75) is 46.3 Å². The summed E-state index contributed by atoms with van der Waals surface area (Å²) in [6.07, 6.45) is 0.930. The molecule has 0 spiro atoms. The number of piperazine rings is 1. The molecular formula is C29H36N6O4. The second kappa shape index (κ2) is 10.00. The van der Waals surface area contributed by atoms with E-state index in [2.05, 4.69) is 10.00 Å². The Morgan fingerprint density at radius 3 is 2.44 bits per heavy atom. The quantitative estimate of drug-likeness (QED) is 0.406. The number of fused-ring (bicyclic) bond motifs is 2. The molecule has 1 aliphatic rings. The second-order valence-electron chi connectivity index (χ2n) is 11.1. The Morgan fingerprint density at radius 1 is 1.08 bits per heavy atom. The number of amides is 1. The molecule has 39 heavy (non-hydrogen) atoms. The summed E-state index contributed by atoms with van der Waals surface area (Å²) < 4.78 is 13.1. The van der Waals surface area contributed by atoms with Gasteiger partial charge in [-0.05, 0) is 58.9 Å². The van der Waals surface area contributed by atoms with E-state index in [1.807, 2.05) is 65.2 Å². The molecule has 1 fully saturated rings. The van der Waals surface area contributed by atoms with Gasteiger partial charge in [-0.1, -0.05) is 0 Å². The molecule has 1 saturated heterocycles. The van der Waals surface area contributed by atoms with E-state index in [9.17, 15) is 9.90 Å². The lowest BCUT2D eigenvalue weighted by atomic mass is 10.0. The number of hydrogen-bond acceptors (Lipinski definition) is 8. The van der Waals surface area contributed by atoms with Crippen molar-refractivity contribution in [2.24, 2.45) is 7.05 Å². The van der Waals surface area contributed by atoms with Crippen LogP contribution in [0.1, 0.15) is 44.9 Å². The number of benzene rings is 1. The topological polar surface area (TPSA) is 106 Å². The lowest BCUT2D eigenvalue weighted by Gasteiger charge is -2.36. The highest BCUT2D eigenvalue weighted by molar-refractivity contribution is 5.92. The number of aryl methyl sites for hydroxylation is 2. The summed E-state index contributed by atoms with van der Waals surface area (Å²) in [7, 11) is 3.55. The van der Waals surface area contributed by atoms with Gasteiger partial charge >= 0.3 is 6.09 Å². The number of nitrogens with zero attached hydrogens (tertiary/aromatic N) is 6. The number of carbonyl (C=O) groups is 1. The van der Waals surface area contributed by atoms with Crippen LogP contribution in [0.4, 0.5) is 10.6 Å². The number of hydrogen-bond donors (Lipinski definition) is 1. The Labute approximate surface area is 228 Å². The molecule has 1 aliphatic heterocycles. The van der Waals surface area contributed by atoms with Crippen LogP contribution in [0.25, 0.3) is 33.2 Å². The first-order valence-electron chi connectivity index (χ1n) is 13.2. The number of aromatic nitrogens is 4. The highest BCUT2D eigenvalue weighted by Crippen LogP contribution is 2.38. The molecule has 206 valence electrons. The minimum absolute atomic E-state index is 0.301.